The SMILES string of the molecule is COc1ccc(CCNC(=O)Cn2c(=O)c(C)nc3ccccc32)c(OC)c1. The fraction of sp³-hybridized carbons (Fsp3) is 0.286. The van der Waals surface area contributed by atoms with Crippen LogP contribution in [0.3, 0.4) is 0 Å². The Morgan fingerprint density at radius 1 is 1.14 bits per heavy atom. The van der Waals surface area contributed by atoms with Crippen molar-refractivity contribution < 1.29 is 14.3 Å². The van der Waals surface area contributed by atoms with E-state index in [0.717, 1.165) is 5.56 Å². The maximum absolute atomic E-state index is 12.4. The third-order valence-corrected chi connectivity index (χ3v) is 4.53. The van der Waals surface area contributed by atoms with Gasteiger partial charge in [-0.2, -0.15) is 0 Å². The van der Waals surface area contributed by atoms with Gasteiger partial charge in [-0.15, -0.1) is 0 Å². The second-order valence-corrected chi connectivity index (χ2v) is 6.35. The number of para-hydroxylation sites is 2. The molecule has 146 valence electrons. The van der Waals surface area contributed by atoms with E-state index in [-0.39, 0.29) is 18.0 Å². The van der Waals surface area contributed by atoms with Crippen LogP contribution in [0.4, 0.5) is 0 Å². The van der Waals surface area contributed by atoms with Crippen LogP contribution in [0.1, 0.15) is 11.3 Å². The van der Waals surface area contributed by atoms with Gasteiger partial charge in [-0.05, 0) is 37.1 Å². The Kier molecular flexibility index (Phi) is 5.93. The number of amides is 1. The van der Waals surface area contributed by atoms with E-state index in [1.807, 2.05) is 36.4 Å². The van der Waals surface area contributed by atoms with Gasteiger partial charge in [0.1, 0.15) is 23.7 Å². The molecule has 2 aromatic carbocycles. The molecule has 0 atom stereocenters. The van der Waals surface area contributed by atoms with Gasteiger partial charge < -0.3 is 14.8 Å². The monoisotopic (exact) mass is 381 g/mol. The predicted molar refractivity (Wildman–Crippen MR) is 107 cm³/mol. The predicted octanol–water partition coefficient (Wildman–Crippen LogP) is 2.08. The first kappa shape index (κ1) is 19.4. The molecule has 1 aromatic heterocycles. The third kappa shape index (κ3) is 4.14. The van der Waals surface area contributed by atoms with Gasteiger partial charge in [0, 0.05) is 12.6 Å². The molecule has 0 aliphatic carbocycles. The zero-order chi connectivity index (χ0) is 20.1. The van der Waals surface area contributed by atoms with Crippen LogP contribution in [0.25, 0.3) is 11.0 Å². The summed E-state index contributed by atoms with van der Waals surface area (Å²) in [6.45, 7) is 2.03. The highest BCUT2D eigenvalue weighted by atomic mass is 16.5. The molecule has 0 aliphatic heterocycles. The molecule has 3 rings (SSSR count). The third-order valence-electron chi connectivity index (χ3n) is 4.53. The van der Waals surface area contributed by atoms with Crippen molar-refractivity contribution in [1.82, 2.24) is 14.9 Å². The molecule has 1 amide bonds. The number of rotatable bonds is 7. The maximum atomic E-state index is 12.4. The Labute approximate surface area is 162 Å². The zero-order valence-electron chi connectivity index (χ0n) is 16.2. The van der Waals surface area contributed by atoms with Crippen molar-refractivity contribution in [3.63, 3.8) is 0 Å². The molecule has 0 saturated carbocycles. The highest BCUT2D eigenvalue weighted by Gasteiger charge is 2.12. The van der Waals surface area contributed by atoms with Crippen LogP contribution in [-0.2, 0) is 17.8 Å². The molecule has 1 N–H and O–H groups in total. The van der Waals surface area contributed by atoms with Gasteiger partial charge in [0.05, 0.1) is 25.3 Å². The number of aromatic nitrogens is 2. The number of nitrogens with one attached hydrogen (secondary N) is 1. The van der Waals surface area contributed by atoms with E-state index >= 15 is 0 Å². The Balaban J connectivity index is 1.68. The second kappa shape index (κ2) is 8.56. The molecule has 7 nitrogen and oxygen atoms in total. The number of hydrogen-bond donors (Lipinski definition) is 1. The van der Waals surface area contributed by atoms with Crippen molar-refractivity contribution in [3.05, 3.63) is 64.1 Å². The number of methoxy groups -OCH3 is 2. The van der Waals surface area contributed by atoms with Crippen molar-refractivity contribution in [2.45, 2.75) is 19.9 Å². The van der Waals surface area contributed by atoms with E-state index in [4.69, 9.17) is 9.47 Å². The summed E-state index contributed by atoms with van der Waals surface area (Å²) < 4.78 is 12.0. The summed E-state index contributed by atoms with van der Waals surface area (Å²) in [7, 11) is 3.20. The molecule has 1 heterocycles. The summed E-state index contributed by atoms with van der Waals surface area (Å²) in [5.74, 6) is 1.19. The number of ether oxygens (including phenoxy) is 2. The lowest BCUT2D eigenvalue weighted by Crippen LogP contribution is -2.34. The molecule has 3 aromatic rings. The van der Waals surface area contributed by atoms with Crippen LogP contribution < -0.4 is 20.3 Å². The number of benzene rings is 2. The molecule has 0 bridgehead atoms. The Bertz CT molecular complexity index is 1060. The molecular weight excluding hydrogens is 358 g/mol. The van der Waals surface area contributed by atoms with E-state index in [1.54, 1.807) is 27.2 Å². The quantitative estimate of drug-likeness (QED) is 0.678. The average molecular weight is 381 g/mol. The van der Waals surface area contributed by atoms with E-state index in [1.165, 1.54) is 4.57 Å². The lowest BCUT2D eigenvalue weighted by atomic mass is 10.1. The van der Waals surface area contributed by atoms with Crippen LogP contribution in [0.2, 0.25) is 0 Å². The molecule has 0 aliphatic rings. The van der Waals surface area contributed by atoms with Crippen molar-refractivity contribution >= 4 is 16.9 Å². The van der Waals surface area contributed by atoms with Gasteiger partial charge in [0.15, 0.2) is 0 Å². The molecule has 0 saturated heterocycles. The fourth-order valence-corrected chi connectivity index (χ4v) is 3.07. The van der Waals surface area contributed by atoms with Crippen LogP contribution in [0.5, 0.6) is 11.5 Å². The number of hydrogen-bond acceptors (Lipinski definition) is 5. The molecule has 0 spiro atoms. The van der Waals surface area contributed by atoms with Crippen LogP contribution >= 0.6 is 0 Å². The molecule has 0 unspecified atom stereocenters. The lowest BCUT2D eigenvalue weighted by Gasteiger charge is -2.13. The van der Waals surface area contributed by atoms with E-state index in [9.17, 15) is 9.59 Å². The fourth-order valence-electron chi connectivity index (χ4n) is 3.07. The van der Waals surface area contributed by atoms with Crippen LogP contribution in [0, 0.1) is 6.92 Å². The minimum Gasteiger partial charge on any atom is -0.497 e. The van der Waals surface area contributed by atoms with Gasteiger partial charge in [-0.1, -0.05) is 18.2 Å². The topological polar surface area (TPSA) is 82.5 Å². The molecule has 0 fully saturated rings. The number of carbonyl (C=O) groups excluding carboxylic acids is 1. The van der Waals surface area contributed by atoms with Gasteiger partial charge >= 0.3 is 0 Å². The summed E-state index contributed by atoms with van der Waals surface area (Å²) in [5.41, 5.74) is 2.41. The molecule has 7 heteroatoms. The van der Waals surface area contributed by atoms with Crippen molar-refractivity contribution in [2.24, 2.45) is 0 Å². The van der Waals surface area contributed by atoms with Gasteiger partial charge in [-0.25, -0.2) is 4.98 Å². The highest BCUT2D eigenvalue weighted by Crippen LogP contribution is 2.24. The number of nitrogens with zero attached hydrogens (tertiary/aromatic N) is 2. The van der Waals surface area contributed by atoms with E-state index in [2.05, 4.69) is 10.3 Å². The lowest BCUT2D eigenvalue weighted by molar-refractivity contribution is -0.121. The minimum absolute atomic E-state index is 0.0531. The minimum atomic E-state index is -0.259. The summed E-state index contributed by atoms with van der Waals surface area (Å²) in [6, 6.07) is 12.9. The van der Waals surface area contributed by atoms with Gasteiger partial charge in [-0.3, -0.25) is 14.2 Å². The smallest absolute Gasteiger partial charge is 0.272 e. The van der Waals surface area contributed by atoms with Crippen molar-refractivity contribution in [1.29, 1.82) is 0 Å². The largest absolute Gasteiger partial charge is 0.497 e. The van der Waals surface area contributed by atoms with Crippen molar-refractivity contribution in [2.75, 3.05) is 20.8 Å². The van der Waals surface area contributed by atoms with Crippen molar-refractivity contribution in [3.8, 4) is 11.5 Å². The normalized spacial score (nSPS) is 10.7. The first-order chi connectivity index (χ1) is 13.5. The van der Waals surface area contributed by atoms with E-state index < -0.39 is 0 Å². The zero-order valence-corrected chi connectivity index (χ0v) is 16.2. The number of fused-ring (bicyclic) bond motifs is 1. The van der Waals surface area contributed by atoms with Crippen LogP contribution in [0.15, 0.2) is 47.3 Å². The van der Waals surface area contributed by atoms with E-state index in [0.29, 0.717) is 41.2 Å². The standard InChI is InChI=1S/C21H23N3O4/c1-14-21(26)24(18-7-5-4-6-17(18)23-14)13-20(25)22-11-10-15-8-9-16(27-2)12-19(15)28-3/h4-9,12H,10-11,13H2,1-3H3,(H,22,25). The van der Waals surface area contributed by atoms with Gasteiger partial charge in [0.2, 0.25) is 5.91 Å². The Morgan fingerprint density at radius 2 is 1.93 bits per heavy atom. The summed E-state index contributed by atoms with van der Waals surface area (Å²) in [5, 5.41) is 2.87. The summed E-state index contributed by atoms with van der Waals surface area (Å²) in [4.78, 5) is 29.2. The number of aryl methyl sites for hydroxylation is 1. The highest BCUT2D eigenvalue weighted by molar-refractivity contribution is 5.80. The first-order valence-corrected chi connectivity index (χ1v) is 8.97. The van der Waals surface area contributed by atoms with Crippen LogP contribution in [-0.4, -0.2) is 36.2 Å². The Hall–Kier alpha value is -3.35. The summed E-state index contributed by atoms with van der Waals surface area (Å²) >= 11 is 0. The maximum Gasteiger partial charge on any atom is 0.272 e. The molecule has 0 radical (unpaired) electrons. The molecular formula is C21H23N3O4. The van der Waals surface area contributed by atoms with Gasteiger partial charge in [0.25, 0.3) is 5.56 Å². The second-order valence-electron chi connectivity index (χ2n) is 6.35. The summed E-state index contributed by atoms with van der Waals surface area (Å²) in [6.07, 6.45) is 0.601. The number of carbonyl (C=O) groups is 1. The average Bonchev–Trinajstić information content (AvgIpc) is 2.71. The molecule has 28 heavy (non-hydrogen) atoms. The Morgan fingerprint density at radius 3 is 2.68 bits per heavy atom. The first-order valence-electron chi connectivity index (χ1n) is 8.97.